The first-order valence-electron chi connectivity index (χ1n) is 7.73. The van der Waals surface area contributed by atoms with Gasteiger partial charge in [-0.3, -0.25) is 4.79 Å². The summed E-state index contributed by atoms with van der Waals surface area (Å²) in [6, 6.07) is 1.78. The van der Waals surface area contributed by atoms with E-state index in [1.54, 1.807) is 0 Å². The van der Waals surface area contributed by atoms with Gasteiger partial charge in [-0.25, -0.2) is 27.1 Å². The SMILES string of the molecule is O=C(NC1CCCCC1)c1cc2nc(C(F)F)cc(C(F)F)n2n1. The number of halogens is 4. The molecule has 3 rings (SSSR count). The molecule has 0 spiro atoms. The predicted molar refractivity (Wildman–Crippen MR) is 77.2 cm³/mol. The fraction of sp³-hybridized carbons (Fsp3) is 0.533. The van der Waals surface area contributed by atoms with Crippen LogP contribution in [0.1, 0.15) is 66.8 Å². The summed E-state index contributed by atoms with van der Waals surface area (Å²) in [5, 5.41) is 6.62. The predicted octanol–water partition coefficient (Wildman–Crippen LogP) is 3.67. The van der Waals surface area contributed by atoms with Crippen molar-refractivity contribution in [1.29, 1.82) is 0 Å². The lowest BCUT2D eigenvalue weighted by Gasteiger charge is -2.22. The van der Waals surface area contributed by atoms with Gasteiger partial charge < -0.3 is 5.32 Å². The molecule has 0 atom stereocenters. The van der Waals surface area contributed by atoms with E-state index in [0.717, 1.165) is 42.7 Å². The highest BCUT2D eigenvalue weighted by molar-refractivity contribution is 5.93. The van der Waals surface area contributed by atoms with Crippen LogP contribution in [0.3, 0.4) is 0 Å². The maximum Gasteiger partial charge on any atom is 0.280 e. The number of amides is 1. The first kappa shape index (κ1) is 16.7. The summed E-state index contributed by atoms with van der Waals surface area (Å²) in [5.41, 5.74) is -1.79. The molecule has 1 saturated carbocycles. The van der Waals surface area contributed by atoms with E-state index in [0.29, 0.717) is 6.07 Å². The van der Waals surface area contributed by atoms with Crippen molar-refractivity contribution in [2.24, 2.45) is 0 Å². The molecule has 0 aliphatic heterocycles. The molecule has 1 N–H and O–H groups in total. The Morgan fingerprint density at radius 2 is 1.83 bits per heavy atom. The Balaban J connectivity index is 1.91. The van der Waals surface area contributed by atoms with Gasteiger partial charge in [-0.2, -0.15) is 5.10 Å². The Labute approximate surface area is 135 Å². The largest absolute Gasteiger partial charge is 0.348 e. The summed E-state index contributed by atoms with van der Waals surface area (Å²) in [6.07, 6.45) is -1.12. The second kappa shape index (κ2) is 6.74. The lowest BCUT2D eigenvalue weighted by atomic mass is 9.95. The highest BCUT2D eigenvalue weighted by atomic mass is 19.3. The summed E-state index contributed by atoms with van der Waals surface area (Å²) < 4.78 is 52.5. The number of carbonyl (C=O) groups excluding carboxylic acids is 1. The number of carbonyl (C=O) groups is 1. The monoisotopic (exact) mass is 344 g/mol. The van der Waals surface area contributed by atoms with E-state index in [-0.39, 0.29) is 17.4 Å². The van der Waals surface area contributed by atoms with Gasteiger partial charge in [0.1, 0.15) is 11.4 Å². The van der Waals surface area contributed by atoms with Crippen LogP contribution in [0, 0.1) is 0 Å². The van der Waals surface area contributed by atoms with Crippen molar-refractivity contribution in [3.8, 4) is 0 Å². The van der Waals surface area contributed by atoms with Crippen LogP contribution < -0.4 is 5.32 Å². The molecule has 1 aliphatic carbocycles. The fourth-order valence-corrected chi connectivity index (χ4v) is 2.90. The van der Waals surface area contributed by atoms with Gasteiger partial charge in [0.05, 0.1) is 0 Å². The van der Waals surface area contributed by atoms with Gasteiger partial charge in [-0.05, 0) is 18.9 Å². The van der Waals surface area contributed by atoms with E-state index >= 15 is 0 Å². The van der Waals surface area contributed by atoms with Crippen LogP contribution in [-0.2, 0) is 0 Å². The van der Waals surface area contributed by atoms with Crippen LogP contribution in [0.2, 0.25) is 0 Å². The van der Waals surface area contributed by atoms with Crippen LogP contribution in [-0.4, -0.2) is 26.5 Å². The molecule has 0 aromatic carbocycles. The molecule has 2 aromatic rings. The topological polar surface area (TPSA) is 59.3 Å². The van der Waals surface area contributed by atoms with Crippen molar-refractivity contribution in [2.75, 3.05) is 0 Å². The van der Waals surface area contributed by atoms with E-state index in [1.807, 2.05) is 0 Å². The van der Waals surface area contributed by atoms with Crippen molar-refractivity contribution in [2.45, 2.75) is 51.0 Å². The zero-order valence-electron chi connectivity index (χ0n) is 12.7. The summed E-state index contributed by atoms with van der Waals surface area (Å²) in [4.78, 5) is 15.8. The molecule has 2 aromatic heterocycles. The molecule has 2 heterocycles. The van der Waals surface area contributed by atoms with Crippen LogP contribution in [0.5, 0.6) is 0 Å². The molecule has 0 unspecified atom stereocenters. The molecule has 0 bridgehead atoms. The fourth-order valence-electron chi connectivity index (χ4n) is 2.90. The molecular weight excluding hydrogens is 328 g/mol. The maximum absolute atomic E-state index is 13.1. The number of nitrogens with one attached hydrogen (secondary N) is 1. The third kappa shape index (κ3) is 3.34. The number of alkyl halides is 4. The molecule has 1 aliphatic rings. The van der Waals surface area contributed by atoms with E-state index in [1.165, 1.54) is 0 Å². The highest BCUT2D eigenvalue weighted by Crippen LogP contribution is 2.25. The van der Waals surface area contributed by atoms with Crippen molar-refractivity contribution < 1.29 is 22.4 Å². The zero-order valence-corrected chi connectivity index (χ0v) is 12.7. The smallest absolute Gasteiger partial charge is 0.280 e. The quantitative estimate of drug-likeness (QED) is 0.861. The normalized spacial score (nSPS) is 16.2. The summed E-state index contributed by atoms with van der Waals surface area (Å²) in [5.74, 6) is -0.508. The molecule has 1 amide bonds. The van der Waals surface area contributed by atoms with Crippen molar-refractivity contribution in [3.05, 3.63) is 29.2 Å². The average molecular weight is 344 g/mol. The number of hydrogen-bond acceptors (Lipinski definition) is 3. The molecule has 5 nitrogen and oxygen atoms in total. The maximum atomic E-state index is 13.1. The van der Waals surface area contributed by atoms with E-state index in [9.17, 15) is 22.4 Å². The second-order valence-corrected chi connectivity index (χ2v) is 5.82. The minimum atomic E-state index is -3.01. The van der Waals surface area contributed by atoms with Gasteiger partial charge in [-0.15, -0.1) is 0 Å². The molecule has 0 saturated heterocycles. The molecule has 9 heteroatoms. The minimum Gasteiger partial charge on any atom is -0.348 e. The summed E-state index contributed by atoms with van der Waals surface area (Å²) in [6.45, 7) is 0. The molecule has 0 radical (unpaired) electrons. The number of aromatic nitrogens is 3. The number of fused-ring (bicyclic) bond motifs is 1. The standard InChI is InChI=1S/C15H16F4N4O/c16-13(17)9-6-11(14(18)19)23-12(21-9)7-10(22-23)15(24)20-8-4-2-1-3-5-8/h6-8,13-14H,1-5H2,(H,20,24). The van der Waals surface area contributed by atoms with Crippen LogP contribution in [0.15, 0.2) is 12.1 Å². The van der Waals surface area contributed by atoms with Gasteiger partial charge in [0, 0.05) is 12.1 Å². The Hall–Kier alpha value is -2.19. The van der Waals surface area contributed by atoms with E-state index in [4.69, 9.17) is 0 Å². The van der Waals surface area contributed by atoms with E-state index in [2.05, 4.69) is 15.4 Å². The van der Waals surface area contributed by atoms with Gasteiger partial charge in [0.2, 0.25) is 0 Å². The number of rotatable bonds is 4. The lowest BCUT2D eigenvalue weighted by molar-refractivity contribution is 0.0921. The summed E-state index contributed by atoms with van der Waals surface area (Å²) >= 11 is 0. The molecule has 1 fully saturated rings. The van der Waals surface area contributed by atoms with E-state index < -0.39 is 30.1 Å². The first-order valence-corrected chi connectivity index (χ1v) is 7.73. The van der Waals surface area contributed by atoms with Crippen LogP contribution in [0.4, 0.5) is 17.6 Å². The third-order valence-electron chi connectivity index (χ3n) is 4.09. The Morgan fingerprint density at radius 3 is 2.46 bits per heavy atom. The van der Waals surface area contributed by atoms with Crippen LogP contribution in [0.25, 0.3) is 5.65 Å². The lowest BCUT2D eigenvalue weighted by Crippen LogP contribution is -2.36. The molecular formula is C15H16F4N4O. The third-order valence-corrected chi connectivity index (χ3v) is 4.09. The Bertz CT molecular complexity index is 740. The van der Waals surface area contributed by atoms with Gasteiger partial charge in [0.15, 0.2) is 11.3 Å². The molecule has 24 heavy (non-hydrogen) atoms. The van der Waals surface area contributed by atoms with Gasteiger partial charge >= 0.3 is 0 Å². The second-order valence-electron chi connectivity index (χ2n) is 5.82. The molecule has 130 valence electrons. The number of nitrogens with zero attached hydrogens (tertiary/aromatic N) is 3. The highest BCUT2D eigenvalue weighted by Gasteiger charge is 2.23. The zero-order chi connectivity index (χ0) is 17.3. The van der Waals surface area contributed by atoms with Crippen LogP contribution >= 0.6 is 0 Å². The minimum absolute atomic E-state index is 0.0233. The average Bonchev–Trinajstić information content (AvgIpc) is 2.98. The number of hydrogen-bond donors (Lipinski definition) is 1. The van der Waals surface area contributed by atoms with Gasteiger partial charge in [0.25, 0.3) is 18.8 Å². The van der Waals surface area contributed by atoms with Gasteiger partial charge in [-0.1, -0.05) is 19.3 Å². The Morgan fingerprint density at radius 1 is 1.12 bits per heavy atom. The van der Waals surface area contributed by atoms with Crippen molar-refractivity contribution in [1.82, 2.24) is 19.9 Å². The first-order chi connectivity index (χ1) is 11.5. The van der Waals surface area contributed by atoms with Crippen molar-refractivity contribution >= 4 is 11.6 Å². The summed E-state index contributed by atoms with van der Waals surface area (Å²) in [7, 11) is 0. The Kier molecular flexibility index (Phi) is 4.68. The van der Waals surface area contributed by atoms with Crippen molar-refractivity contribution in [3.63, 3.8) is 0 Å².